The number of hydrazine groups is 1. The molecule has 1 saturated heterocycles. The summed E-state index contributed by atoms with van der Waals surface area (Å²) in [6.07, 6.45) is 5.06. The fraction of sp³-hybridized carbons (Fsp3) is 0.474. The minimum atomic E-state index is -0.172. The molecular formula is C19H25N7O. The van der Waals surface area contributed by atoms with E-state index in [0.29, 0.717) is 25.0 Å². The molecule has 2 aromatic heterocycles. The Morgan fingerprint density at radius 3 is 2.81 bits per heavy atom. The third-order valence-electron chi connectivity index (χ3n) is 5.09. The molecule has 2 atom stereocenters. The molecule has 2 N–H and O–H groups in total. The number of anilines is 1. The fourth-order valence-electron chi connectivity index (χ4n) is 3.69. The first kappa shape index (κ1) is 17.8. The van der Waals surface area contributed by atoms with Crippen molar-refractivity contribution < 1.29 is 4.79 Å². The standard InChI is InChI=1S/C19H25N7O/c1-12-9-15(24-23-12)19(27)26-8-6-14-16(11-26)21-17(22-18(14)25(2)3)13-5-4-7-20-10-13/h4-5,7,10,12,15,23-24H,6,8-9,11H2,1-3H3. The molecule has 142 valence electrons. The summed E-state index contributed by atoms with van der Waals surface area (Å²) in [6, 6.07) is 3.96. The number of aromatic nitrogens is 3. The van der Waals surface area contributed by atoms with Crippen LogP contribution in [-0.4, -0.2) is 58.5 Å². The van der Waals surface area contributed by atoms with Gasteiger partial charge in [-0.15, -0.1) is 0 Å². The average Bonchev–Trinajstić information content (AvgIpc) is 3.13. The van der Waals surface area contributed by atoms with Crippen molar-refractivity contribution in [1.29, 1.82) is 0 Å². The van der Waals surface area contributed by atoms with Gasteiger partial charge in [-0.2, -0.15) is 0 Å². The molecule has 27 heavy (non-hydrogen) atoms. The van der Waals surface area contributed by atoms with Crippen LogP contribution in [0.4, 0.5) is 5.82 Å². The van der Waals surface area contributed by atoms with E-state index < -0.39 is 0 Å². The van der Waals surface area contributed by atoms with Crippen LogP contribution >= 0.6 is 0 Å². The first-order valence-corrected chi connectivity index (χ1v) is 9.30. The fourth-order valence-corrected chi connectivity index (χ4v) is 3.69. The number of pyridine rings is 1. The Morgan fingerprint density at radius 1 is 1.30 bits per heavy atom. The van der Waals surface area contributed by atoms with Gasteiger partial charge in [0.1, 0.15) is 11.9 Å². The number of carbonyl (C=O) groups excluding carboxylic acids is 1. The molecule has 0 radical (unpaired) electrons. The number of nitrogens with zero attached hydrogens (tertiary/aromatic N) is 5. The van der Waals surface area contributed by atoms with E-state index >= 15 is 0 Å². The van der Waals surface area contributed by atoms with Crippen molar-refractivity contribution in [2.45, 2.75) is 38.4 Å². The van der Waals surface area contributed by atoms with E-state index in [4.69, 9.17) is 9.97 Å². The van der Waals surface area contributed by atoms with Gasteiger partial charge in [0, 0.05) is 50.2 Å². The van der Waals surface area contributed by atoms with Crippen LogP contribution in [0.2, 0.25) is 0 Å². The van der Waals surface area contributed by atoms with Crippen molar-refractivity contribution in [1.82, 2.24) is 30.7 Å². The van der Waals surface area contributed by atoms with Gasteiger partial charge in [-0.25, -0.2) is 15.4 Å². The zero-order chi connectivity index (χ0) is 19.0. The number of hydrogen-bond donors (Lipinski definition) is 2. The van der Waals surface area contributed by atoms with Crippen LogP contribution in [0.5, 0.6) is 0 Å². The number of nitrogens with one attached hydrogen (secondary N) is 2. The predicted octanol–water partition coefficient (Wildman–Crippen LogP) is 0.744. The number of amides is 1. The van der Waals surface area contributed by atoms with Crippen molar-refractivity contribution in [3.05, 3.63) is 35.8 Å². The van der Waals surface area contributed by atoms with E-state index in [9.17, 15) is 4.79 Å². The van der Waals surface area contributed by atoms with Crippen molar-refractivity contribution in [2.24, 2.45) is 0 Å². The van der Waals surface area contributed by atoms with Gasteiger partial charge in [-0.1, -0.05) is 0 Å². The summed E-state index contributed by atoms with van der Waals surface area (Å²) in [6.45, 7) is 3.27. The Morgan fingerprint density at radius 2 is 2.15 bits per heavy atom. The zero-order valence-corrected chi connectivity index (χ0v) is 15.9. The van der Waals surface area contributed by atoms with Crippen molar-refractivity contribution in [3.8, 4) is 11.4 Å². The molecule has 4 rings (SSSR count). The van der Waals surface area contributed by atoms with E-state index in [0.717, 1.165) is 35.5 Å². The smallest absolute Gasteiger partial charge is 0.241 e. The van der Waals surface area contributed by atoms with Gasteiger partial charge in [0.15, 0.2) is 5.82 Å². The summed E-state index contributed by atoms with van der Waals surface area (Å²) in [7, 11) is 3.98. The first-order chi connectivity index (χ1) is 13.0. The maximum absolute atomic E-state index is 12.9. The molecule has 1 amide bonds. The minimum absolute atomic E-state index is 0.130. The van der Waals surface area contributed by atoms with Crippen LogP contribution in [-0.2, 0) is 17.8 Å². The summed E-state index contributed by atoms with van der Waals surface area (Å²) in [4.78, 5) is 30.5. The van der Waals surface area contributed by atoms with E-state index in [1.54, 1.807) is 12.4 Å². The Bertz CT molecular complexity index is 839. The SMILES string of the molecule is CC1CC(C(=O)N2CCc3c(nc(-c4cccnc4)nc3N(C)C)C2)NN1. The molecule has 0 aliphatic carbocycles. The second-order valence-corrected chi connectivity index (χ2v) is 7.42. The lowest BCUT2D eigenvalue weighted by molar-refractivity contribution is -0.134. The van der Waals surface area contributed by atoms with Crippen LogP contribution in [0, 0.1) is 0 Å². The highest BCUT2D eigenvalue weighted by atomic mass is 16.2. The average molecular weight is 367 g/mol. The molecule has 2 aliphatic heterocycles. The van der Waals surface area contributed by atoms with Gasteiger partial charge in [0.05, 0.1) is 12.2 Å². The molecule has 8 heteroatoms. The molecule has 1 fully saturated rings. The lowest BCUT2D eigenvalue weighted by atomic mass is 10.0. The van der Waals surface area contributed by atoms with Gasteiger partial charge in [0.25, 0.3) is 0 Å². The van der Waals surface area contributed by atoms with E-state index in [1.165, 1.54) is 0 Å². The summed E-state index contributed by atoms with van der Waals surface area (Å²) < 4.78 is 0. The Labute approximate surface area is 159 Å². The summed E-state index contributed by atoms with van der Waals surface area (Å²) in [5, 5.41) is 0. The quantitative estimate of drug-likeness (QED) is 0.828. The van der Waals surface area contributed by atoms with Crippen LogP contribution < -0.4 is 15.8 Å². The second-order valence-electron chi connectivity index (χ2n) is 7.42. The largest absolute Gasteiger partial charge is 0.362 e. The third kappa shape index (κ3) is 3.50. The van der Waals surface area contributed by atoms with E-state index in [-0.39, 0.29) is 11.9 Å². The Kier molecular flexibility index (Phi) is 4.75. The van der Waals surface area contributed by atoms with Crippen molar-refractivity contribution >= 4 is 11.7 Å². The molecule has 4 heterocycles. The molecule has 0 aromatic carbocycles. The van der Waals surface area contributed by atoms with Crippen LogP contribution in [0.3, 0.4) is 0 Å². The molecule has 8 nitrogen and oxygen atoms in total. The number of hydrogen-bond acceptors (Lipinski definition) is 7. The lowest BCUT2D eigenvalue weighted by Gasteiger charge is -2.32. The van der Waals surface area contributed by atoms with Crippen LogP contribution in [0.25, 0.3) is 11.4 Å². The molecule has 2 unspecified atom stereocenters. The Balaban J connectivity index is 1.65. The molecule has 0 spiro atoms. The summed E-state index contributed by atoms with van der Waals surface area (Å²) in [5.74, 6) is 1.69. The topological polar surface area (TPSA) is 86.3 Å². The Hall–Kier alpha value is -2.58. The zero-order valence-electron chi connectivity index (χ0n) is 15.9. The van der Waals surface area contributed by atoms with Crippen molar-refractivity contribution in [3.63, 3.8) is 0 Å². The molecule has 0 saturated carbocycles. The molecule has 2 aromatic rings. The maximum atomic E-state index is 12.9. The molecule has 0 bridgehead atoms. The van der Waals surface area contributed by atoms with E-state index in [2.05, 4.69) is 22.8 Å². The molecular weight excluding hydrogens is 342 g/mol. The van der Waals surface area contributed by atoms with Crippen molar-refractivity contribution in [2.75, 3.05) is 25.5 Å². The normalized spacial score (nSPS) is 21.8. The van der Waals surface area contributed by atoms with Gasteiger partial charge < -0.3 is 9.80 Å². The summed E-state index contributed by atoms with van der Waals surface area (Å²) >= 11 is 0. The number of carbonyl (C=O) groups is 1. The third-order valence-corrected chi connectivity index (χ3v) is 5.09. The van der Waals surface area contributed by atoms with E-state index in [1.807, 2.05) is 36.0 Å². The van der Waals surface area contributed by atoms with Crippen LogP contribution in [0.1, 0.15) is 24.6 Å². The summed E-state index contributed by atoms with van der Waals surface area (Å²) in [5.41, 5.74) is 9.16. The highest BCUT2D eigenvalue weighted by Crippen LogP contribution is 2.28. The van der Waals surface area contributed by atoms with Gasteiger partial charge in [-0.05, 0) is 31.9 Å². The second kappa shape index (κ2) is 7.21. The number of rotatable bonds is 3. The first-order valence-electron chi connectivity index (χ1n) is 9.30. The highest BCUT2D eigenvalue weighted by molar-refractivity contribution is 5.82. The number of fused-ring (bicyclic) bond motifs is 1. The maximum Gasteiger partial charge on any atom is 0.241 e. The van der Waals surface area contributed by atoms with Gasteiger partial charge in [0.2, 0.25) is 5.91 Å². The molecule has 2 aliphatic rings. The predicted molar refractivity (Wildman–Crippen MR) is 103 cm³/mol. The van der Waals surface area contributed by atoms with Gasteiger partial charge in [-0.3, -0.25) is 15.2 Å². The minimum Gasteiger partial charge on any atom is -0.362 e. The van der Waals surface area contributed by atoms with Crippen LogP contribution in [0.15, 0.2) is 24.5 Å². The lowest BCUT2D eigenvalue weighted by Crippen LogP contribution is -2.47. The van der Waals surface area contributed by atoms with Gasteiger partial charge >= 0.3 is 0 Å². The highest BCUT2D eigenvalue weighted by Gasteiger charge is 2.33. The monoisotopic (exact) mass is 367 g/mol.